The number of benzene rings is 1. The molecule has 0 fully saturated rings. The van der Waals surface area contributed by atoms with Crippen LogP contribution < -0.4 is 5.73 Å². The normalized spacial score (nSPS) is 11.0. The molecule has 0 unspecified atom stereocenters. The number of rotatable bonds is 3. The lowest BCUT2D eigenvalue weighted by atomic mass is 10.1. The molecule has 0 radical (unpaired) electrons. The predicted octanol–water partition coefficient (Wildman–Crippen LogP) is 2.45. The van der Waals surface area contributed by atoms with E-state index in [1.165, 1.54) is 0 Å². The van der Waals surface area contributed by atoms with Crippen molar-refractivity contribution >= 4 is 0 Å². The highest BCUT2D eigenvalue weighted by Crippen LogP contribution is 2.14. The van der Waals surface area contributed by atoms with Gasteiger partial charge in [0.25, 0.3) is 0 Å². The van der Waals surface area contributed by atoms with Crippen LogP contribution in [0.2, 0.25) is 0 Å². The molecule has 0 aliphatic rings. The Morgan fingerprint density at radius 2 is 1.88 bits per heavy atom. The lowest BCUT2D eigenvalue weighted by Crippen LogP contribution is -1.99. The molecule has 84 valence electrons. The average molecular weight is 215 g/mol. The van der Waals surface area contributed by atoms with E-state index in [1.54, 1.807) is 0 Å². The Morgan fingerprint density at radius 3 is 2.38 bits per heavy atom. The molecule has 1 aromatic carbocycles. The summed E-state index contributed by atoms with van der Waals surface area (Å²) in [7, 11) is 0. The Morgan fingerprint density at radius 1 is 1.19 bits per heavy atom. The van der Waals surface area contributed by atoms with E-state index < -0.39 is 0 Å². The summed E-state index contributed by atoms with van der Waals surface area (Å²) in [6, 6.07) is 10.2. The second kappa shape index (κ2) is 4.49. The van der Waals surface area contributed by atoms with Crippen molar-refractivity contribution < 1.29 is 0 Å². The van der Waals surface area contributed by atoms with Crippen LogP contribution in [0.25, 0.3) is 5.69 Å². The van der Waals surface area contributed by atoms with E-state index in [2.05, 4.69) is 25.0 Å². The Hall–Kier alpha value is -1.61. The van der Waals surface area contributed by atoms with Crippen LogP contribution in [-0.2, 0) is 6.54 Å². The van der Waals surface area contributed by atoms with Gasteiger partial charge in [-0.05, 0) is 29.7 Å². The second-order valence-corrected chi connectivity index (χ2v) is 4.21. The largest absolute Gasteiger partial charge is 0.326 e. The fourth-order valence-corrected chi connectivity index (χ4v) is 1.57. The number of hydrogen-bond acceptors (Lipinski definition) is 2. The molecule has 0 saturated carbocycles. The third kappa shape index (κ3) is 2.14. The Bertz CT molecular complexity index is 454. The topological polar surface area (TPSA) is 43.8 Å². The molecule has 0 bridgehead atoms. The van der Waals surface area contributed by atoms with E-state index in [0.29, 0.717) is 12.5 Å². The maximum Gasteiger partial charge on any atom is 0.0654 e. The highest BCUT2D eigenvalue weighted by molar-refractivity contribution is 5.34. The highest BCUT2D eigenvalue weighted by atomic mass is 15.3. The second-order valence-electron chi connectivity index (χ2n) is 4.21. The molecular weight excluding hydrogens is 198 g/mol. The Kier molecular flexibility index (Phi) is 3.06. The molecule has 2 N–H and O–H groups in total. The van der Waals surface area contributed by atoms with Crippen LogP contribution in [0.5, 0.6) is 0 Å². The van der Waals surface area contributed by atoms with Crippen LogP contribution in [0, 0.1) is 0 Å². The molecule has 1 heterocycles. The van der Waals surface area contributed by atoms with E-state index in [-0.39, 0.29) is 0 Å². The summed E-state index contributed by atoms with van der Waals surface area (Å²) in [4.78, 5) is 0. The van der Waals surface area contributed by atoms with Gasteiger partial charge in [0.2, 0.25) is 0 Å². The van der Waals surface area contributed by atoms with E-state index >= 15 is 0 Å². The van der Waals surface area contributed by atoms with Gasteiger partial charge in [-0.15, -0.1) is 0 Å². The van der Waals surface area contributed by atoms with Gasteiger partial charge in [0.1, 0.15) is 0 Å². The van der Waals surface area contributed by atoms with Gasteiger partial charge < -0.3 is 5.73 Å². The monoisotopic (exact) mass is 215 g/mol. The number of nitrogens with two attached hydrogens (primary N) is 1. The van der Waals surface area contributed by atoms with Crippen LogP contribution in [0.1, 0.15) is 31.0 Å². The van der Waals surface area contributed by atoms with Gasteiger partial charge in [0, 0.05) is 12.7 Å². The van der Waals surface area contributed by atoms with Crippen molar-refractivity contribution in [1.82, 2.24) is 9.78 Å². The summed E-state index contributed by atoms with van der Waals surface area (Å²) >= 11 is 0. The van der Waals surface area contributed by atoms with Gasteiger partial charge in [-0.3, -0.25) is 0 Å². The molecule has 2 aromatic rings. The van der Waals surface area contributed by atoms with Gasteiger partial charge in [0.05, 0.1) is 11.4 Å². The van der Waals surface area contributed by atoms with Crippen molar-refractivity contribution in [3.05, 3.63) is 47.8 Å². The van der Waals surface area contributed by atoms with Gasteiger partial charge in [0.15, 0.2) is 0 Å². The number of aromatic nitrogens is 2. The zero-order valence-electron chi connectivity index (χ0n) is 9.72. The maximum absolute atomic E-state index is 5.56. The van der Waals surface area contributed by atoms with E-state index in [0.717, 1.165) is 16.9 Å². The van der Waals surface area contributed by atoms with Gasteiger partial charge in [-0.25, -0.2) is 4.68 Å². The molecule has 16 heavy (non-hydrogen) atoms. The molecule has 0 aliphatic carbocycles. The summed E-state index contributed by atoms with van der Waals surface area (Å²) < 4.78 is 1.90. The van der Waals surface area contributed by atoms with E-state index in [9.17, 15) is 0 Å². The van der Waals surface area contributed by atoms with E-state index in [1.807, 2.05) is 35.1 Å². The van der Waals surface area contributed by atoms with E-state index in [4.69, 9.17) is 5.73 Å². The minimum atomic E-state index is 0.463. The maximum atomic E-state index is 5.56. The molecule has 1 aromatic heterocycles. The first kappa shape index (κ1) is 10.9. The Labute approximate surface area is 95.9 Å². The third-order valence-corrected chi connectivity index (χ3v) is 2.64. The first-order chi connectivity index (χ1) is 7.70. The number of nitrogens with zero attached hydrogens (tertiary/aromatic N) is 2. The summed E-state index contributed by atoms with van der Waals surface area (Å²) in [6.45, 7) is 4.87. The lowest BCUT2D eigenvalue weighted by molar-refractivity contribution is 0.768. The van der Waals surface area contributed by atoms with Crippen LogP contribution in [0.15, 0.2) is 36.5 Å². The fraction of sp³-hybridized carbons (Fsp3) is 0.308. The first-order valence-corrected chi connectivity index (χ1v) is 5.55. The molecular formula is C13H17N3. The van der Waals surface area contributed by atoms with Crippen molar-refractivity contribution in [1.29, 1.82) is 0 Å². The highest BCUT2D eigenvalue weighted by Gasteiger charge is 2.04. The summed E-state index contributed by atoms with van der Waals surface area (Å²) in [5.74, 6) is 0.463. The smallest absolute Gasteiger partial charge is 0.0654 e. The summed E-state index contributed by atoms with van der Waals surface area (Å²) in [5, 5.41) is 4.52. The Balaban J connectivity index is 2.28. The standard InChI is InChI=1S/C13H17N3/c1-10(2)13-7-8-16(15-13)12-5-3-11(9-14)4-6-12/h3-8,10H,9,14H2,1-2H3. The summed E-state index contributed by atoms with van der Waals surface area (Å²) in [6.07, 6.45) is 1.99. The average Bonchev–Trinajstić information content (AvgIpc) is 2.78. The molecule has 0 spiro atoms. The SMILES string of the molecule is CC(C)c1ccn(-c2ccc(CN)cc2)n1. The molecule has 0 aliphatic heterocycles. The molecule has 0 atom stereocenters. The molecule has 0 amide bonds. The van der Waals surface area contributed by atoms with Gasteiger partial charge >= 0.3 is 0 Å². The van der Waals surface area contributed by atoms with Crippen molar-refractivity contribution in [3.63, 3.8) is 0 Å². The number of hydrogen-bond donors (Lipinski definition) is 1. The van der Waals surface area contributed by atoms with Crippen molar-refractivity contribution in [2.75, 3.05) is 0 Å². The van der Waals surface area contributed by atoms with Gasteiger partial charge in [-0.2, -0.15) is 5.10 Å². The molecule has 0 saturated heterocycles. The fourth-order valence-electron chi connectivity index (χ4n) is 1.57. The quantitative estimate of drug-likeness (QED) is 0.854. The predicted molar refractivity (Wildman–Crippen MR) is 65.5 cm³/mol. The van der Waals surface area contributed by atoms with Crippen LogP contribution in [0.3, 0.4) is 0 Å². The van der Waals surface area contributed by atoms with Crippen LogP contribution in [-0.4, -0.2) is 9.78 Å². The molecule has 3 heteroatoms. The first-order valence-electron chi connectivity index (χ1n) is 5.55. The lowest BCUT2D eigenvalue weighted by Gasteiger charge is -2.03. The minimum Gasteiger partial charge on any atom is -0.326 e. The van der Waals surface area contributed by atoms with Crippen molar-refractivity contribution in [2.45, 2.75) is 26.3 Å². The zero-order chi connectivity index (χ0) is 11.5. The van der Waals surface area contributed by atoms with Gasteiger partial charge in [-0.1, -0.05) is 26.0 Å². The zero-order valence-corrected chi connectivity index (χ0v) is 9.72. The van der Waals surface area contributed by atoms with Crippen LogP contribution in [0.4, 0.5) is 0 Å². The minimum absolute atomic E-state index is 0.463. The molecule has 2 rings (SSSR count). The summed E-state index contributed by atoms with van der Waals surface area (Å²) in [5.41, 5.74) is 8.89. The third-order valence-electron chi connectivity index (χ3n) is 2.64. The molecule has 3 nitrogen and oxygen atoms in total. The van der Waals surface area contributed by atoms with Crippen molar-refractivity contribution in [3.8, 4) is 5.69 Å². The van der Waals surface area contributed by atoms with Crippen LogP contribution >= 0.6 is 0 Å². The van der Waals surface area contributed by atoms with Crippen molar-refractivity contribution in [2.24, 2.45) is 5.73 Å².